The number of nitrogens with two attached hydrogens (primary N) is 1. The first-order chi connectivity index (χ1) is 9.70. The number of ether oxygens (including phenoxy) is 1. The van der Waals surface area contributed by atoms with Crippen LogP contribution in [0.5, 0.6) is 0 Å². The summed E-state index contributed by atoms with van der Waals surface area (Å²) in [4.78, 5) is 14.8. The Bertz CT molecular complexity index is 679. The number of nitrogens with zero attached hydrogens (tertiary/aromatic N) is 7. The molecular weight excluding hydrogens is 264 g/mol. The molecular formula is C10H12N8O2. The van der Waals surface area contributed by atoms with E-state index in [-0.39, 0.29) is 12.4 Å². The monoisotopic (exact) mass is 276 g/mol. The van der Waals surface area contributed by atoms with Gasteiger partial charge in [0.1, 0.15) is 18.1 Å². The first-order valence-electron chi connectivity index (χ1n) is 5.98. The van der Waals surface area contributed by atoms with Crippen LogP contribution in [0.1, 0.15) is 12.6 Å². The molecule has 2 aromatic rings. The highest BCUT2D eigenvalue weighted by Crippen LogP contribution is 2.31. The number of rotatable bonds is 3. The number of nitrogen functional groups attached to an aromatic ring is 1. The molecule has 20 heavy (non-hydrogen) atoms. The van der Waals surface area contributed by atoms with Gasteiger partial charge in [-0.2, -0.15) is 0 Å². The third kappa shape index (κ3) is 2.01. The number of azide groups is 1. The lowest BCUT2D eigenvalue weighted by Crippen LogP contribution is -2.23. The molecule has 0 unspecified atom stereocenters. The van der Waals surface area contributed by atoms with Gasteiger partial charge >= 0.3 is 0 Å². The molecule has 104 valence electrons. The topological polar surface area (TPSA) is 148 Å². The van der Waals surface area contributed by atoms with Crippen molar-refractivity contribution in [1.29, 1.82) is 0 Å². The van der Waals surface area contributed by atoms with Crippen LogP contribution in [-0.2, 0) is 4.74 Å². The summed E-state index contributed by atoms with van der Waals surface area (Å²) >= 11 is 0. The normalized spacial score (nSPS) is 25.8. The zero-order valence-electron chi connectivity index (χ0n) is 10.4. The number of hydrogen-bond acceptors (Lipinski definition) is 7. The van der Waals surface area contributed by atoms with Gasteiger partial charge in [0.2, 0.25) is 0 Å². The van der Waals surface area contributed by atoms with Gasteiger partial charge in [-0.15, -0.1) is 0 Å². The summed E-state index contributed by atoms with van der Waals surface area (Å²) in [6.07, 6.45) is 1.58. The third-order valence-electron chi connectivity index (χ3n) is 3.23. The van der Waals surface area contributed by atoms with Crippen molar-refractivity contribution in [2.45, 2.75) is 24.9 Å². The predicted molar refractivity (Wildman–Crippen MR) is 68.3 cm³/mol. The standard InChI is InChI=1S/C10H12N8O2/c11-9-8-10(14-3-13-9)18(4-15-8)7-1-5(19)6(20-7)2-16-17-12/h3-7,19H,1-2H2,(H2,11,13,14)/t5-,6-,7-/m1/s1. The number of aliphatic hydroxyl groups excluding tert-OH is 1. The Morgan fingerprint density at radius 3 is 3.20 bits per heavy atom. The molecule has 1 aliphatic rings. The molecule has 0 aliphatic carbocycles. The molecule has 3 heterocycles. The SMILES string of the molecule is [N-]=[N+]=NC[C@H]1O[C@@H](n2cnc3c(N)ncnc32)C[C@H]1O. The van der Waals surface area contributed by atoms with Crippen LogP contribution in [-0.4, -0.2) is 43.4 Å². The van der Waals surface area contributed by atoms with Gasteiger partial charge in [-0.05, 0) is 5.53 Å². The van der Waals surface area contributed by atoms with Crippen LogP contribution >= 0.6 is 0 Å². The van der Waals surface area contributed by atoms with Crippen LogP contribution in [0.3, 0.4) is 0 Å². The lowest BCUT2D eigenvalue weighted by molar-refractivity contribution is -0.0114. The van der Waals surface area contributed by atoms with E-state index >= 15 is 0 Å². The van der Waals surface area contributed by atoms with Crippen molar-refractivity contribution in [3.8, 4) is 0 Å². The minimum absolute atomic E-state index is 0.0813. The van der Waals surface area contributed by atoms with Gasteiger partial charge in [-0.25, -0.2) is 15.0 Å². The van der Waals surface area contributed by atoms with Crippen molar-refractivity contribution >= 4 is 17.0 Å². The number of fused-ring (bicyclic) bond motifs is 1. The van der Waals surface area contributed by atoms with Crippen molar-refractivity contribution in [2.24, 2.45) is 5.11 Å². The van der Waals surface area contributed by atoms with Crippen LogP contribution in [0.4, 0.5) is 5.82 Å². The number of aromatic nitrogens is 4. The van der Waals surface area contributed by atoms with Gasteiger partial charge in [0.05, 0.1) is 25.1 Å². The molecule has 3 rings (SSSR count). The first kappa shape index (κ1) is 12.6. The number of aliphatic hydroxyl groups is 1. The molecule has 1 fully saturated rings. The Morgan fingerprint density at radius 1 is 1.55 bits per heavy atom. The quantitative estimate of drug-likeness (QED) is 0.470. The Labute approximate surface area is 112 Å². The molecule has 0 amide bonds. The van der Waals surface area contributed by atoms with Crippen LogP contribution in [0.25, 0.3) is 21.6 Å². The molecule has 0 aromatic carbocycles. The Balaban J connectivity index is 1.89. The summed E-state index contributed by atoms with van der Waals surface area (Å²) in [5.74, 6) is 0.290. The molecule has 3 atom stereocenters. The highest BCUT2D eigenvalue weighted by molar-refractivity contribution is 5.81. The van der Waals surface area contributed by atoms with Crippen molar-refractivity contribution in [1.82, 2.24) is 19.5 Å². The van der Waals surface area contributed by atoms with Gasteiger partial charge in [-0.1, -0.05) is 5.11 Å². The average Bonchev–Trinajstić information content (AvgIpc) is 3.01. The van der Waals surface area contributed by atoms with E-state index < -0.39 is 18.4 Å². The van der Waals surface area contributed by atoms with Gasteiger partial charge < -0.3 is 15.6 Å². The first-order valence-corrected chi connectivity index (χ1v) is 5.98. The van der Waals surface area contributed by atoms with Crippen molar-refractivity contribution in [2.75, 3.05) is 12.3 Å². The fourth-order valence-electron chi connectivity index (χ4n) is 2.25. The Kier molecular flexibility index (Phi) is 3.11. The summed E-state index contributed by atoms with van der Waals surface area (Å²) in [5.41, 5.74) is 15.1. The van der Waals surface area contributed by atoms with Crippen LogP contribution in [0, 0.1) is 0 Å². The van der Waals surface area contributed by atoms with Crippen LogP contribution in [0.15, 0.2) is 17.8 Å². The molecule has 1 saturated heterocycles. The maximum atomic E-state index is 9.91. The lowest BCUT2D eigenvalue weighted by Gasteiger charge is -2.13. The molecule has 0 spiro atoms. The number of hydrogen-bond donors (Lipinski definition) is 2. The minimum Gasteiger partial charge on any atom is -0.390 e. The lowest BCUT2D eigenvalue weighted by atomic mass is 10.2. The Hall–Kier alpha value is -2.42. The molecule has 1 aliphatic heterocycles. The fraction of sp³-hybridized carbons (Fsp3) is 0.500. The second kappa shape index (κ2) is 4.93. The van der Waals surface area contributed by atoms with Gasteiger partial charge in [-0.3, -0.25) is 4.57 Å². The van der Waals surface area contributed by atoms with E-state index in [0.29, 0.717) is 17.6 Å². The number of imidazole rings is 1. The highest BCUT2D eigenvalue weighted by atomic mass is 16.5. The predicted octanol–water partition coefficient (Wildman–Crippen LogP) is 0.367. The van der Waals surface area contributed by atoms with Crippen molar-refractivity contribution in [3.63, 3.8) is 0 Å². The minimum atomic E-state index is -0.706. The van der Waals surface area contributed by atoms with Gasteiger partial charge in [0.15, 0.2) is 11.5 Å². The summed E-state index contributed by atoms with van der Waals surface area (Å²) in [7, 11) is 0. The van der Waals surface area contributed by atoms with Crippen LogP contribution < -0.4 is 5.73 Å². The van der Waals surface area contributed by atoms with Crippen LogP contribution in [0.2, 0.25) is 0 Å². The molecule has 0 radical (unpaired) electrons. The summed E-state index contributed by atoms with van der Waals surface area (Å²) < 4.78 is 7.36. The number of anilines is 1. The molecule has 3 N–H and O–H groups in total. The summed E-state index contributed by atoms with van der Waals surface area (Å²) in [6, 6.07) is 0. The summed E-state index contributed by atoms with van der Waals surface area (Å²) in [6.45, 7) is 0.0813. The molecule has 10 heteroatoms. The maximum Gasteiger partial charge on any atom is 0.167 e. The van der Waals surface area contributed by atoms with E-state index in [0.717, 1.165) is 0 Å². The molecule has 10 nitrogen and oxygen atoms in total. The largest absolute Gasteiger partial charge is 0.390 e. The van der Waals surface area contributed by atoms with Gasteiger partial charge in [0, 0.05) is 11.3 Å². The maximum absolute atomic E-state index is 9.91. The fourth-order valence-corrected chi connectivity index (χ4v) is 2.25. The second-order valence-corrected chi connectivity index (χ2v) is 4.43. The van der Waals surface area contributed by atoms with Crippen molar-refractivity contribution in [3.05, 3.63) is 23.1 Å². The highest BCUT2D eigenvalue weighted by Gasteiger charge is 2.35. The van der Waals surface area contributed by atoms with E-state index in [1.54, 1.807) is 10.9 Å². The summed E-state index contributed by atoms with van der Waals surface area (Å²) in [5, 5.41) is 13.3. The zero-order valence-corrected chi connectivity index (χ0v) is 10.4. The Morgan fingerprint density at radius 2 is 2.40 bits per heavy atom. The third-order valence-corrected chi connectivity index (χ3v) is 3.23. The van der Waals surface area contributed by atoms with Crippen molar-refractivity contribution < 1.29 is 9.84 Å². The van der Waals surface area contributed by atoms with E-state index in [1.807, 2.05) is 0 Å². The van der Waals surface area contributed by atoms with E-state index in [2.05, 4.69) is 25.0 Å². The molecule has 0 bridgehead atoms. The zero-order chi connectivity index (χ0) is 14.1. The molecule has 2 aromatic heterocycles. The van der Waals surface area contributed by atoms with E-state index in [1.165, 1.54) is 6.33 Å². The van der Waals surface area contributed by atoms with E-state index in [4.69, 9.17) is 16.0 Å². The van der Waals surface area contributed by atoms with Gasteiger partial charge in [0.25, 0.3) is 0 Å². The second-order valence-electron chi connectivity index (χ2n) is 4.43. The average molecular weight is 276 g/mol. The smallest absolute Gasteiger partial charge is 0.167 e. The van der Waals surface area contributed by atoms with E-state index in [9.17, 15) is 5.11 Å². The molecule has 0 saturated carbocycles.